The van der Waals surface area contributed by atoms with E-state index in [1.54, 1.807) is 25.2 Å². The Hall–Kier alpha value is -4.53. The zero-order valence-corrected chi connectivity index (χ0v) is 21.5. The van der Waals surface area contributed by atoms with E-state index >= 15 is 0 Å². The van der Waals surface area contributed by atoms with Crippen molar-refractivity contribution in [2.24, 2.45) is 5.92 Å². The quantitative estimate of drug-likeness (QED) is 0.177. The molecule has 2 heteroatoms. The maximum absolute atomic E-state index is 12.6. The first-order valence-corrected chi connectivity index (χ1v) is 12.8. The smallest absolute Gasteiger partial charge is 0.161 e. The summed E-state index contributed by atoms with van der Waals surface area (Å²) >= 11 is 0. The number of aliphatic hydroxyl groups excluding tert-OH is 1. The highest BCUT2D eigenvalue weighted by molar-refractivity contribution is 5.95. The van der Waals surface area contributed by atoms with Gasteiger partial charge in [-0.15, -0.1) is 0 Å². The predicted octanol–water partition coefficient (Wildman–Crippen LogP) is 8.32. The summed E-state index contributed by atoms with van der Waals surface area (Å²) < 4.78 is 0. The standard InChI is InChI=1S/C36H32O2/c1-28(35(37)26-24-33-20-16-31(17-21-33)14-12-29-8-4-2-5-9-29)36(38)27-25-34-22-18-32(19-23-34)15-13-30-10-6-3-7-11-30/h2-28,35,37H,1H3/b14-12+,15-13+,26-24+,27-25+. The molecule has 38 heavy (non-hydrogen) atoms. The lowest BCUT2D eigenvalue weighted by Crippen LogP contribution is -2.22. The molecule has 0 fully saturated rings. The van der Waals surface area contributed by atoms with Gasteiger partial charge < -0.3 is 5.11 Å². The molecule has 0 aromatic heterocycles. The second-order valence-electron chi connectivity index (χ2n) is 9.20. The van der Waals surface area contributed by atoms with E-state index in [4.69, 9.17) is 0 Å². The van der Waals surface area contributed by atoms with Gasteiger partial charge in [-0.25, -0.2) is 0 Å². The predicted molar refractivity (Wildman–Crippen MR) is 162 cm³/mol. The highest BCUT2D eigenvalue weighted by atomic mass is 16.3. The summed E-state index contributed by atoms with van der Waals surface area (Å²) in [4.78, 5) is 12.6. The molecule has 2 nitrogen and oxygen atoms in total. The maximum Gasteiger partial charge on any atom is 0.161 e. The molecule has 0 saturated carbocycles. The number of carbonyl (C=O) groups is 1. The van der Waals surface area contributed by atoms with Crippen LogP contribution < -0.4 is 0 Å². The molecule has 4 aromatic rings. The molecule has 1 N–H and O–H groups in total. The molecule has 0 spiro atoms. The van der Waals surface area contributed by atoms with E-state index in [0.717, 1.165) is 33.4 Å². The molecule has 0 amide bonds. The molecule has 2 atom stereocenters. The van der Waals surface area contributed by atoms with Gasteiger partial charge in [0.2, 0.25) is 0 Å². The van der Waals surface area contributed by atoms with Gasteiger partial charge >= 0.3 is 0 Å². The van der Waals surface area contributed by atoms with Gasteiger partial charge in [0.05, 0.1) is 6.10 Å². The van der Waals surface area contributed by atoms with Crippen LogP contribution in [0.4, 0.5) is 0 Å². The fraction of sp³-hybridized carbons (Fsp3) is 0.0833. The summed E-state index contributed by atoms with van der Waals surface area (Å²) in [6, 6.07) is 36.4. The van der Waals surface area contributed by atoms with E-state index in [2.05, 4.69) is 48.6 Å². The molecule has 0 aliphatic carbocycles. The summed E-state index contributed by atoms with van der Waals surface area (Å²) in [6.07, 6.45) is 14.3. The summed E-state index contributed by atoms with van der Waals surface area (Å²) in [6.45, 7) is 1.75. The van der Waals surface area contributed by atoms with Crippen LogP contribution in [0.25, 0.3) is 36.5 Å². The number of allylic oxidation sites excluding steroid dienone is 1. The molecular formula is C36H32O2. The van der Waals surface area contributed by atoms with Crippen molar-refractivity contribution in [1.82, 2.24) is 0 Å². The number of ketones is 1. The van der Waals surface area contributed by atoms with Crippen molar-refractivity contribution in [3.63, 3.8) is 0 Å². The normalized spacial score (nSPS) is 13.5. The lowest BCUT2D eigenvalue weighted by molar-refractivity contribution is -0.119. The molecule has 0 heterocycles. The van der Waals surface area contributed by atoms with Crippen molar-refractivity contribution in [1.29, 1.82) is 0 Å². The van der Waals surface area contributed by atoms with Crippen molar-refractivity contribution in [2.45, 2.75) is 13.0 Å². The van der Waals surface area contributed by atoms with Crippen LogP contribution in [0, 0.1) is 5.92 Å². The number of benzene rings is 4. The number of rotatable bonds is 10. The SMILES string of the molecule is CC(C(=O)/C=C/c1ccc(/C=C/c2ccccc2)cc1)C(O)/C=C/c1ccc(/C=C/c2ccccc2)cc1. The second kappa shape index (κ2) is 13.7. The first-order valence-electron chi connectivity index (χ1n) is 12.8. The average Bonchev–Trinajstić information content (AvgIpc) is 2.98. The number of carbonyl (C=O) groups excluding carboxylic acids is 1. The first kappa shape index (κ1) is 26.5. The Labute approximate surface area is 225 Å². The van der Waals surface area contributed by atoms with Gasteiger partial charge in [-0.2, -0.15) is 0 Å². The fourth-order valence-corrected chi connectivity index (χ4v) is 3.82. The summed E-state index contributed by atoms with van der Waals surface area (Å²) in [5.41, 5.74) is 6.40. The fourth-order valence-electron chi connectivity index (χ4n) is 3.82. The Balaban J connectivity index is 1.28. The van der Waals surface area contributed by atoms with Crippen molar-refractivity contribution in [2.75, 3.05) is 0 Å². The third kappa shape index (κ3) is 8.26. The van der Waals surface area contributed by atoms with Crippen LogP contribution in [0.2, 0.25) is 0 Å². The molecule has 4 aromatic carbocycles. The van der Waals surface area contributed by atoms with Crippen LogP contribution in [0.15, 0.2) is 121 Å². The zero-order valence-electron chi connectivity index (χ0n) is 21.5. The Kier molecular flexibility index (Phi) is 9.56. The van der Waals surface area contributed by atoms with Crippen molar-refractivity contribution in [3.8, 4) is 0 Å². The lowest BCUT2D eigenvalue weighted by Gasteiger charge is -2.12. The molecule has 188 valence electrons. The van der Waals surface area contributed by atoms with Crippen LogP contribution >= 0.6 is 0 Å². The Morgan fingerprint density at radius 1 is 0.526 bits per heavy atom. The molecule has 0 bridgehead atoms. The molecule has 0 saturated heterocycles. The van der Waals surface area contributed by atoms with Crippen LogP contribution in [-0.2, 0) is 4.79 Å². The highest BCUT2D eigenvalue weighted by Crippen LogP contribution is 2.15. The van der Waals surface area contributed by atoms with Crippen LogP contribution in [0.3, 0.4) is 0 Å². The van der Waals surface area contributed by atoms with E-state index < -0.39 is 12.0 Å². The Morgan fingerprint density at radius 3 is 1.29 bits per heavy atom. The van der Waals surface area contributed by atoms with E-state index in [9.17, 15) is 9.90 Å². The molecular weight excluding hydrogens is 464 g/mol. The van der Waals surface area contributed by atoms with Gasteiger partial charge in [0.25, 0.3) is 0 Å². The minimum absolute atomic E-state index is 0.114. The van der Waals surface area contributed by atoms with E-state index in [0.29, 0.717) is 0 Å². The molecule has 0 aliphatic rings. The van der Waals surface area contributed by atoms with E-state index in [-0.39, 0.29) is 5.78 Å². The molecule has 2 unspecified atom stereocenters. The topological polar surface area (TPSA) is 37.3 Å². The van der Waals surface area contributed by atoms with Gasteiger partial charge in [-0.05, 0) is 39.5 Å². The van der Waals surface area contributed by atoms with Gasteiger partial charge in [0.15, 0.2) is 5.78 Å². The van der Waals surface area contributed by atoms with Gasteiger partial charge in [0, 0.05) is 5.92 Å². The molecule has 0 radical (unpaired) electrons. The van der Waals surface area contributed by atoms with Gasteiger partial charge in [0.1, 0.15) is 0 Å². The number of aliphatic hydroxyl groups is 1. The monoisotopic (exact) mass is 496 g/mol. The third-order valence-electron chi connectivity index (χ3n) is 6.30. The number of hydrogen-bond donors (Lipinski definition) is 1. The largest absolute Gasteiger partial charge is 0.388 e. The summed E-state index contributed by atoms with van der Waals surface area (Å²) in [5.74, 6) is -0.653. The number of hydrogen-bond acceptors (Lipinski definition) is 2. The van der Waals surface area contributed by atoms with Crippen LogP contribution in [-0.4, -0.2) is 17.0 Å². The van der Waals surface area contributed by atoms with Crippen molar-refractivity contribution >= 4 is 42.2 Å². The Morgan fingerprint density at radius 2 is 0.868 bits per heavy atom. The molecule has 0 aliphatic heterocycles. The Bertz CT molecular complexity index is 1410. The van der Waals surface area contributed by atoms with E-state index in [1.807, 2.05) is 91.0 Å². The van der Waals surface area contributed by atoms with E-state index in [1.165, 1.54) is 0 Å². The van der Waals surface area contributed by atoms with Crippen LogP contribution in [0.1, 0.15) is 40.3 Å². The lowest BCUT2D eigenvalue weighted by atomic mass is 9.97. The molecule has 4 rings (SSSR count). The second-order valence-corrected chi connectivity index (χ2v) is 9.20. The summed E-state index contributed by atoms with van der Waals surface area (Å²) in [7, 11) is 0. The minimum atomic E-state index is -0.865. The average molecular weight is 497 g/mol. The maximum atomic E-state index is 12.6. The van der Waals surface area contributed by atoms with Gasteiger partial charge in [-0.3, -0.25) is 4.79 Å². The highest BCUT2D eigenvalue weighted by Gasteiger charge is 2.17. The van der Waals surface area contributed by atoms with Crippen molar-refractivity contribution < 1.29 is 9.90 Å². The van der Waals surface area contributed by atoms with Crippen LogP contribution in [0.5, 0.6) is 0 Å². The third-order valence-corrected chi connectivity index (χ3v) is 6.30. The first-order chi connectivity index (χ1) is 18.6. The minimum Gasteiger partial charge on any atom is -0.388 e. The van der Waals surface area contributed by atoms with Gasteiger partial charge in [-0.1, -0.05) is 159 Å². The van der Waals surface area contributed by atoms with Crippen molar-refractivity contribution in [3.05, 3.63) is 155 Å². The summed E-state index contributed by atoms with van der Waals surface area (Å²) in [5, 5.41) is 10.5. The zero-order chi connectivity index (χ0) is 26.6.